The Balaban J connectivity index is 1.93. The molecule has 1 aliphatic rings. The molecule has 2 rings (SSSR count). The van der Waals surface area contributed by atoms with Crippen molar-refractivity contribution < 1.29 is 4.39 Å². The van der Waals surface area contributed by atoms with Crippen LogP contribution in [0.1, 0.15) is 24.0 Å². The van der Waals surface area contributed by atoms with Gasteiger partial charge >= 0.3 is 0 Å². The van der Waals surface area contributed by atoms with Crippen molar-refractivity contribution in [3.63, 3.8) is 0 Å². The lowest BCUT2D eigenvalue weighted by molar-refractivity contribution is 0.233. The van der Waals surface area contributed by atoms with Crippen LogP contribution in [0.15, 0.2) is 18.2 Å². The minimum atomic E-state index is -0.388. The smallest absolute Gasteiger partial charge is 0.145 e. The van der Waals surface area contributed by atoms with Crippen molar-refractivity contribution in [3.05, 3.63) is 35.1 Å². The average Bonchev–Trinajstić information content (AvgIpc) is 2.39. The second kappa shape index (κ2) is 5.94. The molecular weight excluding hydrogens is 229 g/mol. The lowest BCUT2D eigenvalue weighted by Crippen LogP contribution is -2.40. The van der Waals surface area contributed by atoms with Crippen molar-refractivity contribution in [1.29, 1.82) is 5.26 Å². The first-order valence-electron chi connectivity index (χ1n) is 6.30. The van der Waals surface area contributed by atoms with Crippen LogP contribution in [0.4, 0.5) is 4.39 Å². The number of nitrogens with one attached hydrogen (secondary N) is 1. The molecule has 0 bridgehead atoms. The SMILES string of the molecule is CN1CCC(NCc2cccc(C#N)c2F)CC1. The van der Waals surface area contributed by atoms with E-state index in [4.69, 9.17) is 5.26 Å². The van der Waals surface area contributed by atoms with Gasteiger partial charge in [0.1, 0.15) is 11.9 Å². The molecule has 0 radical (unpaired) electrons. The van der Waals surface area contributed by atoms with Crippen LogP contribution >= 0.6 is 0 Å². The van der Waals surface area contributed by atoms with Gasteiger partial charge in [0.15, 0.2) is 0 Å². The number of benzene rings is 1. The van der Waals surface area contributed by atoms with Gasteiger partial charge in [-0.1, -0.05) is 12.1 Å². The molecule has 0 amide bonds. The lowest BCUT2D eigenvalue weighted by Gasteiger charge is -2.29. The van der Waals surface area contributed by atoms with Crippen LogP contribution in [0, 0.1) is 17.1 Å². The maximum atomic E-state index is 13.8. The number of piperidine rings is 1. The first-order chi connectivity index (χ1) is 8.70. The van der Waals surface area contributed by atoms with Gasteiger partial charge in [0.2, 0.25) is 0 Å². The molecule has 4 heteroatoms. The maximum Gasteiger partial charge on any atom is 0.145 e. The summed E-state index contributed by atoms with van der Waals surface area (Å²) in [7, 11) is 2.12. The van der Waals surface area contributed by atoms with E-state index in [1.807, 2.05) is 6.07 Å². The average molecular weight is 247 g/mol. The van der Waals surface area contributed by atoms with Crippen LogP contribution < -0.4 is 5.32 Å². The van der Waals surface area contributed by atoms with E-state index in [0.717, 1.165) is 25.9 Å². The minimum Gasteiger partial charge on any atom is -0.310 e. The number of hydrogen-bond acceptors (Lipinski definition) is 3. The molecule has 1 saturated heterocycles. The Morgan fingerprint density at radius 3 is 2.83 bits per heavy atom. The predicted octanol–water partition coefficient (Wildman–Crippen LogP) is 1.88. The van der Waals surface area contributed by atoms with E-state index in [1.165, 1.54) is 6.07 Å². The molecule has 96 valence electrons. The zero-order valence-electron chi connectivity index (χ0n) is 10.6. The summed E-state index contributed by atoms with van der Waals surface area (Å²) in [4.78, 5) is 2.30. The van der Waals surface area contributed by atoms with E-state index in [1.54, 1.807) is 12.1 Å². The van der Waals surface area contributed by atoms with Crippen molar-refractivity contribution in [2.45, 2.75) is 25.4 Å². The molecule has 1 heterocycles. The van der Waals surface area contributed by atoms with Gasteiger partial charge in [-0.2, -0.15) is 5.26 Å². The standard InChI is InChI=1S/C14H18FN3/c1-18-7-5-13(6-8-18)17-10-12-4-2-3-11(9-16)14(12)15/h2-4,13,17H,5-8,10H2,1H3. The minimum absolute atomic E-state index is 0.123. The number of likely N-dealkylation sites (tertiary alicyclic amines) is 1. The first-order valence-corrected chi connectivity index (χ1v) is 6.30. The quantitative estimate of drug-likeness (QED) is 0.886. The van der Waals surface area contributed by atoms with E-state index in [0.29, 0.717) is 18.2 Å². The summed E-state index contributed by atoms with van der Waals surface area (Å²) in [5.41, 5.74) is 0.700. The van der Waals surface area contributed by atoms with Crippen molar-refractivity contribution in [3.8, 4) is 6.07 Å². The zero-order chi connectivity index (χ0) is 13.0. The molecular formula is C14H18FN3. The van der Waals surface area contributed by atoms with Gasteiger partial charge in [-0.25, -0.2) is 4.39 Å². The number of rotatable bonds is 3. The van der Waals surface area contributed by atoms with Crippen molar-refractivity contribution >= 4 is 0 Å². The van der Waals surface area contributed by atoms with Gasteiger partial charge in [-0.05, 0) is 39.0 Å². The Bertz CT molecular complexity index is 445. The summed E-state index contributed by atoms with van der Waals surface area (Å²) < 4.78 is 13.8. The molecule has 0 unspecified atom stereocenters. The molecule has 0 aromatic heterocycles. The maximum absolute atomic E-state index is 13.8. The highest BCUT2D eigenvalue weighted by Crippen LogP contribution is 2.14. The topological polar surface area (TPSA) is 39.1 Å². The molecule has 0 atom stereocenters. The van der Waals surface area contributed by atoms with Crippen LogP contribution in [0.5, 0.6) is 0 Å². The molecule has 1 fully saturated rings. The van der Waals surface area contributed by atoms with Gasteiger partial charge in [-0.15, -0.1) is 0 Å². The summed E-state index contributed by atoms with van der Waals surface area (Å²) in [6, 6.07) is 7.29. The fourth-order valence-corrected chi connectivity index (χ4v) is 2.27. The molecule has 18 heavy (non-hydrogen) atoms. The highest BCUT2D eigenvalue weighted by Gasteiger charge is 2.16. The third-order valence-electron chi connectivity index (χ3n) is 3.50. The Labute approximate surface area is 107 Å². The van der Waals surface area contributed by atoms with Crippen molar-refractivity contribution in [2.75, 3.05) is 20.1 Å². The molecule has 1 aliphatic heterocycles. The number of nitrogens with zero attached hydrogens (tertiary/aromatic N) is 2. The van der Waals surface area contributed by atoms with Crippen LogP contribution in [0.3, 0.4) is 0 Å². The van der Waals surface area contributed by atoms with Gasteiger partial charge < -0.3 is 10.2 Å². The Morgan fingerprint density at radius 2 is 2.17 bits per heavy atom. The molecule has 0 aliphatic carbocycles. The molecule has 0 saturated carbocycles. The van der Waals surface area contributed by atoms with Gasteiger partial charge in [0, 0.05) is 18.2 Å². The Morgan fingerprint density at radius 1 is 1.44 bits per heavy atom. The largest absolute Gasteiger partial charge is 0.310 e. The van der Waals surface area contributed by atoms with Gasteiger partial charge in [0.25, 0.3) is 0 Å². The summed E-state index contributed by atoms with van der Waals surface area (Å²) in [5.74, 6) is -0.388. The summed E-state index contributed by atoms with van der Waals surface area (Å²) in [5, 5.41) is 12.1. The van der Waals surface area contributed by atoms with Crippen LogP contribution in [0.2, 0.25) is 0 Å². The lowest BCUT2D eigenvalue weighted by atomic mass is 10.0. The molecule has 0 spiro atoms. The van der Waals surface area contributed by atoms with Crippen molar-refractivity contribution in [2.24, 2.45) is 0 Å². The highest BCUT2D eigenvalue weighted by molar-refractivity contribution is 5.34. The van der Waals surface area contributed by atoms with Crippen LogP contribution in [-0.2, 0) is 6.54 Å². The predicted molar refractivity (Wildman–Crippen MR) is 68.5 cm³/mol. The van der Waals surface area contributed by atoms with Crippen molar-refractivity contribution in [1.82, 2.24) is 10.2 Å². The highest BCUT2D eigenvalue weighted by atomic mass is 19.1. The monoisotopic (exact) mass is 247 g/mol. The first kappa shape index (κ1) is 13.0. The number of nitriles is 1. The summed E-state index contributed by atoms with van der Waals surface area (Å²) in [6.07, 6.45) is 2.19. The van der Waals surface area contributed by atoms with E-state index in [-0.39, 0.29) is 11.4 Å². The van der Waals surface area contributed by atoms with Crippen LogP contribution in [0.25, 0.3) is 0 Å². The molecule has 1 N–H and O–H groups in total. The van der Waals surface area contributed by atoms with Gasteiger partial charge in [-0.3, -0.25) is 0 Å². The van der Waals surface area contributed by atoms with E-state index < -0.39 is 0 Å². The van der Waals surface area contributed by atoms with E-state index >= 15 is 0 Å². The number of hydrogen-bond donors (Lipinski definition) is 1. The normalized spacial score (nSPS) is 17.6. The fraction of sp³-hybridized carbons (Fsp3) is 0.500. The molecule has 3 nitrogen and oxygen atoms in total. The Hall–Kier alpha value is -1.44. The summed E-state index contributed by atoms with van der Waals surface area (Å²) >= 11 is 0. The Kier molecular flexibility index (Phi) is 4.29. The number of halogens is 1. The second-order valence-corrected chi connectivity index (χ2v) is 4.85. The fourth-order valence-electron chi connectivity index (χ4n) is 2.27. The molecule has 1 aromatic rings. The third-order valence-corrected chi connectivity index (χ3v) is 3.50. The van der Waals surface area contributed by atoms with Gasteiger partial charge in [0.05, 0.1) is 5.56 Å². The van der Waals surface area contributed by atoms with Crippen LogP contribution in [-0.4, -0.2) is 31.1 Å². The van der Waals surface area contributed by atoms with E-state index in [9.17, 15) is 4.39 Å². The second-order valence-electron chi connectivity index (χ2n) is 4.85. The zero-order valence-corrected chi connectivity index (χ0v) is 10.6. The molecule has 1 aromatic carbocycles. The summed E-state index contributed by atoms with van der Waals surface area (Å²) in [6.45, 7) is 2.66. The van der Waals surface area contributed by atoms with E-state index in [2.05, 4.69) is 17.3 Å². The third kappa shape index (κ3) is 3.06.